The number of carbonyl (C=O) groups is 1. The van der Waals surface area contributed by atoms with Gasteiger partial charge in [-0.3, -0.25) is 4.79 Å². The smallest absolute Gasteiger partial charge is 0.243 e. The van der Waals surface area contributed by atoms with Gasteiger partial charge in [-0.2, -0.15) is 0 Å². The first-order valence-corrected chi connectivity index (χ1v) is 11.1. The first kappa shape index (κ1) is 18.3. The predicted octanol–water partition coefficient (Wildman–Crippen LogP) is 4.98. The Morgan fingerprint density at radius 1 is 1.11 bits per heavy atom. The van der Waals surface area contributed by atoms with E-state index in [1.165, 1.54) is 25.7 Å². The van der Waals surface area contributed by atoms with Crippen LogP contribution in [0.3, 0.4) is 0 Å². The molecule has 3 fully saturated rings. The molecule has 3 saturated carbocycles. The molecule has 0 spiro atoms. The number of amides is 1. The number of nitrogens with one attached hydrogen (secondary N) is 1. The molecule has 1 aromatic carbocycles. The van der Waals surface area contributed by atoms with Crippen molar-refractivity contribution in [1.82, 2.24) is 5.32 Å². The number of hydrogen-bond acceptors (Lipinski definition) is 2. The molecular weight excluding hydrogens is 346 g/mol. The molecule has 8 atom stereocenters. The SMILES string of the molecule is CC1CC2NC(=O)C=C[C@]2(C)C2CC[C@]3(C)C[C@@H](Oc4ccccc4)CC3C12. The first-order valence-electron chi connectivity index (χ1n) is 11.1. The van der Waals surface area contributed by atoms with Gasteiger partial charge in [-0.1, -0.05) is 45.0 Å². The molecule has 0 bridgehead atoms. The van der Waals surface area contributed by atoms with Crippen LogP contribution in [0.2, 0.25) is 0 Å². The predicted molar refractivity (Wildman–Crippen MR) is 111 cm³/mol. The lowest BCUT2D eigenvalue weighted by Gasteiger charge is -2.60. The Balaban J connectivity index is 1.42. The van der Waals surface area contributed by atoms with Crippen LogP contribution in [0.15, 0.2) is 42.5 Å². The van der Waals surface area contributed by atoms with Crippen molar-refractivity contribution in [2.75, 3.05) is 0 Å². The minimum atomic E-state index is 0.0889. The van der Waals surface area contributed by atoms with E-state index in [0.29, 0.717) is 29.4 Å². The number of fused-ring (bicyclic) bond motifs is 5. The molecule has 28 heavy (non-hydrogen) atoms. The zero-order valence-corrected chi connectivity index (χ0v) is 17.4. The van der Waals surface area contributed by atoms with Crippen molar-refractivity contribution in [3.63, 3.8) is 0 Å². The van der Waals surface area contributed by atoms with E-state index in [2.05, 4.69) is 56.4 Å². The molecule has 3 aliphatic carbocycles. The van der Waals surface area contributed by atoms with E-state index >= 15 is 0 Å². The fourth-order valence-electron chi connectivity index (χ4n) is 7.46. The summed E-state index contributed by atoms with van der Waals surface area (Å²) in [5.74, 6) is 3.85. The minimum absolute atomic E-state index is 0.0889. The summed E-state index contributed by atoms with van der Waals surface area (Å²) in [4.78, 5) is 12.0. The summed E-state index contributed by atoms with van der Waals surface area (Å²) in [5.41, 5.74) is 0.491. The maximum absolute atomic E-state index is 12.0. The van der Waals surface area contributed by atoms with Crippen LogP contribution in [0, 0.1) is 34.5 Å². The summed E-state index contributed by atoms with van der Waals surface area (Å²) in [5, 5.41) is 3.28. The second-order valence-electron chi connectivity index (χ2n) is 10.4. The van der Waals surface area contributed by atoms with Crippen molar-refractivity contribution in [1.29, 1.82) is 0 Å². The average molecular weight is 380 g/mol. The van der Waals surface area contributed by atoms with Crippen LogP contribution in [-0.2, 0) is 4.79 Å². The van der Waals surface area contributed by atoms with Gasteiger partial charge in [0, 0.05) is 11.5 Å². The fraction of sp³-hybridized carbons (Fsp3) is 0.640. The summed E-state index contributed by atoms with van der Waals surface area (Å²) in [6.07, 6.45) is 10.4. The third kappa shape index (κ3) is 2.73. The highest BCUT2D eigenvalue weighted by atomic mass is 16.5. The molecule has 1 amide bonds. The van der Waals surface area contributed by atoms with Crippen LogP contribution in [0.5, 0.6) is 5.75 Å². The van der Waals surface area contributed by atoms with Crippen molar-refractivity contribution in [3.8, 4) is 5.75 Å². The quantitative estimate of drug-likeness (QED) is 0.787. The van der Waals surface area contributed by atoms with Crippen molar-refractivity contribution in [3.05, 3.63) is 42.5 Å². The molecule has 3 nitrogen and oxygen atoms in total. The van der Waals surface area contributed by atoms with E-state index in [1.54, 1.807) is 6.08 Å². The summed E-state index contributed by atoms with van der Waals surface area (Å²) in [6.45, 7) is 7.34. The third-order valence-electron chi connectivity index (χ3n) is 8.83. The van der Waals surface area contributed by atoms with Crippen molar-refractivity contribution in [2.45, 2.75) is 65.0 Å². The molecule has 1 heterocycles. The van der Waals surface area contributed by atoms with E-state index in [9.17, 15) is 4.79 Å². The molecule has 3 heteroatoms. The van der Waals surface area contributed by atoms with Gasteiger partial charge in [0.1, 0.15) is 5.75 Å². The highest BCUT2D eigenvalue weighted by Crippen LogP contribution is 2.64. The van der Waals surface area contributed by atoms with Gasteiger partial charge in [-0.25, -0.2) is 0 Å². The largest absolute Gasteiger partial charge is 0.490 e. The van der Waals surface area contributed by atoms with Crippen LogP contribution >= 0.6 is 0 Å². The Morgan fingerprint density at radius 3 is 2.68 bits per heavy atom. The van der Waals surface area contributed by atoms with Gasteiger partial charge in [0.25, 0.3) is 0 Å². The molecule has 4 aliphatic rings. The van der Waals surface area contributed by atoms with Gasteiger partial charge in [0.2, 0.25) is 5.91 Å². The van der Waals surface area contributed by atoms with Crippen molar-refractivity contribution < 1.29 is 9.53 Å². The summed E-state index contributed by atoms with van der Waals surface area (Å²) < 4.78 is 6.42. The molecule has 1 N–H and O–H groups in total. The Kier molecular flexibility index (Phi) is 4.16. The van der Waals surface area contributed by atoms with Crippen molar-refractivity contribution >= 4 is 5.91 Å². The standard InChI is InChI=1S/C25H33NO2/c1-16-13-21-25(3,12-10-22(27)26-21)19-9-11-24(2)15-18(14-20(24)23(16)19)28-17-7-5-4-6-8-17/h4-8,10,12,16,18-21,23H,9,11,13-15H2,1-3H3,(H,26,27)/t16?,18-,19?,20?,21?,23?,24+,25+/m0/s1. The highest BCUT2D eigenvalue weighted by molar-refractivity contribution is 5.89. The summed E-state index contributed by atoms with van der Waals surface area (Å²) in [6, 6.07) is 10.6. The van der Waals surface area contributed by atoms with Gasteiger partial charge in [0.15, 0.2) is 0 Å². The fourth-order valence-corrected chi connectivity index (χ4v) is 7.46. The molecule has 1 aromatic rings. The molecule has 1 aliphatic heterocycles. The van der Waals surface area contributed by atoms with Gasteiger partial charge in [-0.05, 0) is 79.4 Å². The molecular formula is C25H33NO2. The second kappa shape index (κ2) is 6.37. The zero-order valence-electron chi connectivity index (χ0n) is 17.4. The summed E-state index contributed by atoms with van der Waals surface area (Å²) in [7, 11) is 0. The van der Waals surface area contributed by atoms with Crippen LogP contribution in [0.1, 0.15) is 52.9 Å². The van der Waals surface area contributed by atoms with E-state index in [-0.39, 0.29) is 11.3 Å². The summed E-state index contributed by atoms with van der Waals surface area (Å²) >= 11 is 0. The van der Waals surface area contributed by atoms with Crippen LogP contribution in [-0.4, -0.2) is 18.1 Å². The Hall–Kier alpha value is -1.77. The molecule has 5 rings (SSSR count). The number of hydrogen-bond donors (Lipinski definition) is 1. The van der Waals surface area contributed by atoms with E-state index < -0.39 is 0 Å². The molecule has 0 radical (unpaired) electrons. The van der Waals surface area contributed by atoms with E-state index in [4.69, 9.17) is 4.74 Å². The van der Waals surface area contributed by atoms with Crippen LogP contribution < -0.4 is 10.1 Å². The van der Waals surface area contributed by atoms with Gasteiger partial charge < -0.3 is 10.1 Å². The maximum Gasteiger partial charge on any atom is 0.243 e. The van der Waals surface area contributed by atoms with Gasteiger partial charge in [-0.15, -0.1) is 0 Å². The lowest BCUT2D eigenvalue weighted by molar-refractivity contribution is -0.124. The van der Waals surface area contributed by atoms with Crippen LogP contribution in [0.25, 0.3) is 0 Å². The topological polar surface area (TPSA) is 38.3 Å². The molecule has 0 saturated heterocycles. The second-order valence-corrected chi connectivity index (χ2v) is 10.4. The molecule has 5 unspecified atom stereocenters. The van der Waals surface area contributed by atoms with Crippen LogP contribution in [0.4, 0.5) is 0 Å². The highest BCUT2D eigenvalue weighted by Gasteiger charge is 2.60. The Labute approximate surface area is 168 Å². The lowest BCUT2D eigenvalue weighted by atomic mass is 9.46. The average Bonchev–Trinajstić information content (AvgIpc) is 3.00. The Morgan fingerprint density at radius 2 is 1.89 bits per heavy atom. The maximum atomic E-state index is 12.0. The monoisotopic (exact) mass is 379 g/mol. The number of benzene rings is 1. The molecule has 0 aromatic heterocycles. The minimum Gasteiger partial charge on any atom is -0.490 e. The number of carbonyl (C=O) groups excluding carboxylic acids is 1. The number of rotatable bonds is 2. The van der Waals surface area contributed by atoms with Gasteiger partial charge >= 0.3 is 0 Å². The zero-order chi connectivity index (χ0) is 19.5. The number of para-hydroxylation sites is 1. The van der Waals surface area contributed by atoms with E-state index in [1.807, 2.05) is 6.07 Å². The first-order chi connectivity index (χ1) is 13.4. The van der Waals surface area contributed by atoms with Gasteiger partial charge in [0.05, 0.1) is 6.10 Å². The number of ether oxygens (including phenoxy) is 1. The van der Waals surface area contributed by atoms with Crippen molar-refractivity contribution in [2.24, 2.45) is 34.5 Å². The lowest BCUT2D eigenvalue weighted by Crippen LogP contribution is -2.61. The Bertz CT molecular complexity index is 789. The van der Waals surface area contributed by atoms with E-state index in [0.717, 1.165) is 24.0 Å². The third-order valence-corrected chi connectivity index (χ3v) is 8.83. The molecule has 150 valence electrons. The normalized spacial score (nSPS) is 46.9.